The molecule has 0 aromatic carbocycles. The fourth-order valence-electron chi connectivity index (χ4n) is 2.51. The zero-order valence-corrected chi connectivity index (χ0v) is 17.3. The molecule has 1 unspecified atom stereocenters. The molecule has 1 aliphatic heterocycles. The van der Waals surface area contributed by atoms with Crippen LogP contribution in [0.2, 0.25) is 0 Å². The summed E-state index contributed by atoms with van der Waals surface area (Å²) in [7, 11) is 0. The lowest BCUT2D eigenvalue weighted by Crippen LogP contribution is -2.31. The van der Waals surface area contributed by atoms with Crippen molar-refractivity contribution in [2.75, 3.05) is 13.1 Å². The summed E-state index contributed by atoms with van der Waals surface area (Å²) in [6, 6.07) is 0. The number of hydrogen-bond acceptors (Lipinski definition) is 3. The Morgan fingerprint density at radius 1 is 1.04 bits per heavy atom. The number of unbranched alkanes of at least 4 members (excludes halogenated alkanes) is 4. The van der Waals surface area contributed by atoms with E-state index in [1.807, 2.05) is 27.7 Å². The van der Waals surface area contributed by atoms with Crippen molar-refractivity contribution in [1.82, 2.24) is 10.2 Å². The highest BCUT2D eigenvalue weighted by atomic mass is 16.2. The van der Waals surface area contributed by atoms with Gasteiger partial charge in [0.1, 0.15) is 0 Å². The zero-order valence-electron chi connectivity index (χ0n) is 17.3. The fourth-order valence-corrected chi connectivity index (χ4v) is 2.51. The number of hydrogen-bond donors (Lipinski definition) is 1. The number of nitrogens with zero attached hydrogens (tertiary/aromatic N) is 1. The van der Waals surface area contributed by atoms with Gasteiger partial charge in [-0.1, -0.05) is 60.8 Å². The Balaban J connectivity index is 0. The summed E-state index contributed by atoms with van der Waals surface area (Å²) < 4.78 is 0. The van der Waals surface area contributed by atoms with Crippen LogP contribution in [0.15, 0.2) is 0 Å². The van der Waals surface area contributed by atoms with E-state index in [-0.39, 0.29) is 23.6 Å². The van der Waals surface area contributed by atoms with Gasteiger partial charge in [0.2, 0.25) is 17.7 Å². The van der Waals surface area contributed by atoms with Gasteiger partial charge in [0.05, 0.1) is 0 Å². The van der Waals surface area contributed by atoms with Crippen molar-refractivity contribution in [3.05, 3.63) is 0 Å². The van der Waals surface area contributed by atoms with Gasteiger partial charge in [0.25, 0.3) is 0 Å². The van der Waals surface area contributed by atoms with Crippen molar-refractivity contribution in [1.29, 1.82) is 0 Å². The minimum atomic E-state index is -0.161. The van der Waals surface area contributed by atoms with E-state index in [1.165, 1.54) is 4.90 Å². The van der Waals surface area contributed by atoms with Crippen molar-refractivity contribution in [2.45, 2.75) is 92.9 Å². The van der Waals surface area contributed by atoms with Crippen LogP contribution in [0.25, 0.3) is 0 Å². The van der Waals surface area contributed by atoms with Crippen LogP contribution < -0.4 is 5.32 Å². The lowest BCUT2D eigenvalue weighted by molar-refractivity contribution is -0.139. The van der Waals surface area contributed by atoms with Gasteiger partial charge in [-0.3, -0.25) is 19.3 Å². The van der Waals surface area contributed by atoms with Crippen LogP contribution in [-0.2, 0) is 14.4 Å². The molecule has 0 spiro atoms. The topological polar surface area (TPSA) is 66.5 Å². The number of likely N-dealkylation sites (tertiary alicyclic amines) is 1. The quantitative estimate of drug-likeness (QED) is 0.469. The molecule has 0 aliphatic carbocycles. The molecular formula is C20H40N2O3. The summed E-state index contributed by atoms with van der Waals surface area (Å²) in [5.41, 5.74) is 0. The molecule has 1 saturated heterocycles. The second-order valence-corrected chi connectivity index (χ2v) is 5.86. The minimum absolute atomic E-state index is 0.0475. The number of carbonyl (C=O) groups is 3. The molecule has 1 fully saturated rings. The van der Waals surface area contributed by atoms with E-state index in [9.17, 15) is 14.4 Å². The molecule has 1 rings (SSSR count). The van der Waals surface area contributed by atoms with Crippen molar-refractivity contribution in [3.63, 3.8) is 0 Å². The lowest BCUT2D eigenvalue weighted by atomic mass is 10.1. The highest BCUT2D eigenvalue weighted by Crippen LogP contribution is 2.19. The van der Waals surface area contributed by atoms with Crippen LogP contribution in [0.5, 0.6) is 0 Å². The second kappa shape index (κ2) is 17.4. The van der Waals surface area contributed by atoms with Crippen LogP contribution in [0.4, 0.5) is 0 Å². The summed E-state index contributed by atoms with van der Waals surface area (Å²) in [5, 5.41) is 2.91. The van der Waals surface area contributed by atoms with Crippen molar-refractivity contribution in [2.24, 2.45) is 5.92 Å². The van der Waals surface area contributed by atoms with Gasteiger partial charge in [-0.25, -0.2) is 0 Å². The normalized spacial score (nSPS) is 15.9. The number of imide groups is 1. The first-order valence-corrected chi connectivity index (χ1v) is 10.2. The van der Waals surface area contributed by atoms with Gasteiger partial charge < -0.3 is 5.32 Å². The molecule has 5 nitrogen and oxygen atoms in total. The Morgan fingerprint density at radius 3 is 2.20 bits per heavy atom. The largest absolute Gasteiger partial charge is 0.356 e. The molecule has 1 N–H and O–H groups in total. The van der Waals surface area contributed by atoms with E-state index in [0.717, 1.165) is 45.1 Å². The molecule has 1 atom stereocenters. The standard InChI is InChI=1S/C16H28N2O3.2C2H6/c1-3-4-7-10-17-14(19)9-6-5-8-11-18-15(20)12-13(2)16(18)21;2*1-2/h13H,3-12H2,1-2H3,(H,17,19);2*1-2H3. The van der Waals surface area contributed by atoms with Crippen LogP contribution >= 0.6 is 0 Å². The average Bonchev–Trinajstić information content (AvgIpc) is 2.87. The second-order valence-electron chi connectivity index (χ2n) is 5.86. The Morgan fingerprint density at radius 2 is 1.68 bits per heavy atom. The minimum Gasteiger partial charge on any atom is -0.356 e. The highest BCUT2D eigenvalue weighted by Gasteiger charge is 2.34. The molecule has 0 aromatic rings. The predicted octanol–water partition coefficient (Wildman–Crippen LogP) is 4.30. The first-order valence-electron chi connectivity index (χ1n) is 10.2. The van der Waals surface area contributed by atoms with Gasteiger partial charge in [0.15, 0.2) is 0 Å². The van der Waals surface area contributed by atoms with E-state index in [1.54, 1.807) is 6.92 Å². The smallest absolute Gasteiger partial charge is 0.232 e. The van der Waals surface area contributed by atoms with Crippen LogP contribution in [0.1, 0.15) is 92.9 Å². The maximum Gasteiger partial charge on any atom is 0.232 e. The summed E-state index contributed by atoms with van der Waals surface area (Å²) in [4.78, 5) is 36.2. The van der Waals surface area contributed by atoms with Gasteiger partial charge in [-0.15, -0.1) is 0 Å². The third-order valence-corrected chi connectivity index (χ3v) is 3.86. The van der Waals surface area contributed by atoms with E-state index in [2.05, 4.69) is 12.2 Å². The maximum atomic E-state index is 11.7. The summed E-state index contributed by atoms with van der Waals surface area (Å²) in [6.45, 7) is 13.2. The number of rotatable bonds is 10. The Labute approximate surface area is 154 Å². The third kappa shape index (κ3) is 11.7. The Kier molecular flexibility index (Phi) is 18.0. The van der Waals surface area contributed by atoms with Crippen molar-refractivity contribution >= 4 is 17.7 Å². The monoisotopic (exact) mass is 356 g/mol. The fraction of sp³-hybridized carbons (Fsp3) is 0.850. The van der Waals surface area contributed by atoms with Crippen molar-refractivity contribution < 1.29 is 14.4 Å². The number of carbonyl (C=O) groups excluding carboxylic acids is 3. The zero-order chi connectivity index (χ0) is 19.7. The van der Waals surface area contributed by atoms with E-state index >= 15 is 0 Å². The molecule has 5 heteroatoms. The van der Waals surface area contributed by atoms with E-state index < -0.39 is 0 Å². The first-order chi connectivity index (χ1) is 12.1. The highest BCUT2D eigenvalue weighted by molar-refractivity contribution is 6.03. The lowest BCUT2D eigenvalue weighted by Gasteiger charge is -2.13. The van der Waals surface area contributed by atoms with Crippen LogP contribution in [-0.4, -0.2) is 35.7 Å². The molecule has 3 amide bonds. The molecule has 1 aliphatic rings. The van der Waals surface area contributed by atoms with Gasteiger partial charge in [-0.2, -0.15) is 0 Å². The Bertz CT molecular complexity index is 370. The summed E-state index contributed by atoms with van der Waals surface area (Å²) in [6.07, 6.45) is 6.69. The van der Waals surface area contributed by atoms with E-state index in [4.69, 9.17) is 0 Å². The molecule has 0 radical (unpaired) electrons. The van der Waals surface area contributed by atoms with Crippen LogP contribution in [0, 0.1) is 5.92 Å². The molecule has 25 heavy (non-hydrogen) atoms. The number of amides is 3. The van der Waals surface area contributed by atoms with Gasteiger partial charge in [0, 0.05) is 31.8 Å². The molecule has 0 saturated carbocycles. The molecule has 148 valence electrons. The van der Waals surface area contributed by atoms with Gasteiger partial charge in [-0.05, 0) is 19.3 Å². The van der Waals surface area contributed by atoms with Crippen LogP contribution in [0.3, 0.4) is 0 Å². The molecule has 1 heterocycles. The molecule has 0 aromatic heterocycles. The first kappa shape index (κ1) is 25.8. The molecule has 0 bridgehead atoms. The summed E-state index contributed by atoms with van der Waals surface area (Å²) in [5.74, 6) is -0.158. The summed E-state index contributed by atoms with van der Waals surface area (Å²) >= 11 is 0. The molecular weight excluding hydrogens is 316 g/mol. The van der Waals surface area contributed by atoms with E-state index in [0.29, 0.717) is 19.4 Å². The van der Waals surface area contributed by atoms with Gasteiger partial charge >= 0.3 is 0 Å². The third-order valence-electron chi connectivity index (χ3n) is 3.86. The maximum absolute atomic E-state index is 11.7. The Hall–Kier alpha value is -1.39. The average molecular weight is 357 g/mol. The number of nitrogens with one attached hydrogen (secondary N) is 1. The SMILES string of the molecule is CC.CC.CCCCCNC(=O)CCCCCN1C(=O)CC(C)C1=O. The van der Waals surface area contributed by atoms with Crippen molar-refractivity contribution in [3.8, 4) is 0 Å². The predicted molar refractivity (Wildman–Crippen MR) is 104 cm³/mol.